The smallest absolute Gasteiger partial charge is 0.128 e. The Morgan fingerprint density at radius 2 is 2.00 bits per heavy atom. The van der Waals surface area contributed by atoms with Crippen LogP contribution in [-0.2, 0) is 0 Å². The summed E-state index contributed by atoms with van der Waals surface area (Å²) in [5.41, 5.74) is 10.7. The fourth-order valence-electron chi connectivity index (χ4n) is 2.02. The number of ether oxygens (including phenoxy) is 1. The average molecular weight is 228 g/mol. The third kappa shape index (κ3) is 2.09. The van der Waals surface area contributed by atoms with Crippen molar-refractivity contribution in [1.82, 2.24) is 4.98 Å². The van der Waals surface area contributed by atoms with Gasteiger partial charge in [-0.25, -0.2) is 0 Å². The molecule has 0 saturated carbocycles. The lowest BCUT2D eigenvalue weighted by atomic mass is 10.00. The maximum absolute atomic E-state index is 5.97. The molecule has 1 aromatic heterocycles. The van der Waals surface area contributed by atoms with Crippen LogP contribution in [0.4, 0.5) is 5.69 Å². The van der Waals surface area contributed by atoms with Gasteiger partial charge in [-0.2, -0.15) is 0 Å². The Labute approximate surface area is 101 Å². The zero-order chi connectivity index (χ0) is 12.4. The third-order valence-corrected chi connectivity index (χ3v) is 2.74. The van der Waals surface area contributed by atoms with Crippen molar-refractivity contribution in [3.05, 3.63) is 41.6 Å². The van der Waals surface area contributed by atoms with Gasteiger partial charge in [0.2, 0.25) is 0 Å². The van der Waals surface area contributed by atoms with Crippen molar-refractivity contribution in [2.45, 2.75) is 13.8 Å². The van der Waals surface area contributed by atoms with Crippen molar-refractivity contribution >= 4 is 5.69 Å². The Kier molecular flexibility index (Phi) is 3.00. The van der Waals surface area contributed by atoms with Gasteiger partial charge in [0.05, 0.1) is 18.5 Å². The second-order valence-corrected chi connectivity index (χ2v) is 4.10. The van der Waals surface area contributed by atoms with E-state index in [-0.39, 0.29) is 0 Å². The molecule has 0 radical (unpaired) electrons. The molecular formula is C14H16N2O. The van der Waals surface area contributed by atoms with Crippen molar-refractivity contribution in [2.75, 3.05) is 12.8 Å². The molecule has 0 spiro atoms. The monoisotopic (exact) mass is 228 g/mol. The molecule has 3 heteroatoms. The molecule has 2 N–H and O–H groups in total. The number of aromatic nitrogens is 1. The number of aryl methyl sites for hydroxylation is 2. The molecule has 0 aliphatic heterocycles. The average Bonchev–Trinajstić information content (AvgIpc) is 2.29. The maximum atomic E-state index is 5.97. The highest BCUT2D eigenvalue weighted by Crippen LogP contribution is 2.35. The largest absolute Gasteiger partial charge is 0.496 e. The van der Waals surface area contributed by atoms with Crippen LogP contribution in [0.25, 0.3) is 11.3 Å². The van der Waals surface area contributed by atoms with Crippen LogP contribution >= 0.6 is 0 Å². The van der Waals surface area contributed by atoms with Crippen LogP contribution in [0.1, 0.15) is 11.1 Å². The zero-order valence-electron chi connectivity index (χ0n) is 10.3. The van der Waals surface area contributed by atoms with E-state index in [0.29, 0.717) is 5.69 Å². The van der Waals surface area contributed by atoms with Crippen LogP contribution in [0.15, 0.2) is 30.5 Å². The van der Waals surface area contributed by atoms with E-state index in [4.69, 9.17) is 10.5 Å². The number of benzene rings is 1. The first-order valence-corrected chi connectivity index (χ1v) is 5.49. The van der Waals surface area contributed by atoms with Gasteiger partial charge in [0, 0.05) is 11.8 Å². The number of hydrogen-bond acceptors (Lipinski definition) is 3. The van der Waals surface area contributed by atoms with Gasteiger partial charge < -0.3 is 10.5 Å². The molecule has 0 bridgehead atoms. The van der Waals surface area contributed by atoms with E-state index >= 15 is 0 Å². The Morgan fingerprint density at radius 1 is 1.24 bits per heavy atom. The highest BCUT2D eigenvalue weighted by molar-refractivity contribution is 5.79. The second kappa shape index (κ2) is 4.45. The fourth-order valence-corrected chi connectivity index (χ4v) is 2.02. The molecular weight excluding hydrogens is 212 g/mol. The molecule has 3 nitrogen and oxygen atoms in total. The van der Waals surface area contributed by atoms with Gasteiger partial charge in [0.15, 0.2) is 0 Å². The van der Waals surface area contributed by atoms with E-state index in [2.05, 4.69) is 11.1 Å². The Morgan fingerprint density at radius 3 is 2.65 bits per heavy atom. The molecule has 2 rings (SSSR count). The number of anilines is 1. The van der Waals surface area contributed by atoms with Crippen molar-refractivity contribution in [3.63, 3.8) is 0 Å². The SMILES string of the molecule is COc1cc(C)cc(C)c1-c1ncccc1N. The van der Waals surface area contributed by atoms with Gasteiger partial charge >= 0.3 is 0 Å². The Bertz CT molecular complexity index is 550. The summed E-state index contributed by atoms with van der Waals surface area (Å²) in [7, 11) is 1.66. The second-order valence-electron chi connectivity index (χ2n) is 4.10. The highest BCUT2D eigenvalue weighted by Gasteiger charge is 2.13. The van der Waals surface area contributed by atoms with E-state index in [1.54, 1.807) is 13.3 Å². The number of rotatable bonds is 2. The minimum absolute atomic E-state index is 0.665. The number of nitrogen functional groups attached to an aromatic ring is 1. The minimum Gasteiger partial charge on any atom is -0.496 e. The molecule has 2 aromatic rings. The molecule has 17 heavy (non-hydrogen) atoms. The molecule has 88 valence electrons. The van der Waals surface area contributed by atoms with Gasteiger partial charge in [-0.1, -0.05) is 6.07 Å². The number of pyridine rings is 1. The lowest BCUT2D eigenvalue weighted by Gasteiger charge is -2.13. The number of methoxy groups -OCH3 is 1. The Hall–Kier alpha value is -2.03. The van der Waals surface area contributed by atoms with E-state index in [1.165, 1.54) is 0 Å². The standard InChI is InChI=1S/C14H16N2O/c1-9-7-10(2)13(12(8-9)17-3)14-11(15)5-4-6-16-14/h4-8H,15H2,1-3H3. The first kappa shape index (κ1) is 11.5. The van der Waals surface area contributed by atoms with Crippen LogP contribution in [0.2, 0.25) is 0 Å². The predicted octanol–water partition coefficient (Wildman–Crippen LogP) is 2.96. The molecule has 0 fully saturated rings. The van der Waals surface area contributed by atoms with Gasteiger partial charge in [-0.05, 0) is 43.2 Å². The molecule has 0 atom stereocenters. The van der Waals surface area contributed by atoms with Crippen molar-refractivity contribution in [3.8, 4) is 17.0 Å². The molecule has 1 aromatic carbocycles. The normalized spacial score (nSPS) is 10.3. The van der Waals surface area contributed by atoms with Crippen LogP contribution in [0.3, 0.4) is 0 Å². The molecule has 0 saturated heterocycles. The zero-order valence-corrected chi connectivity index (χ0v) is 10.3. The first-order chi connectivity index (χ1) is 8.13. The molecule has 0 aliphatic rings. The summed E-state index contributed by atoms with van der Waals surface area (Å²) in [6.07, 6.45) is 1.74. The predicted molar refractivity (Wildman–Crippen MR) is 70.1 cm³/mol. The molecule has 0 amide bonds. The minimum atomic E-state index is 0.665. The van der Waals surface area contributed by atoms with Gasteiger partial charge in [0.25, 0.3) is 0 Å². The van der Waals surface area contributed by atoms with Crippen LogP contribution in [0.5, 0.6) is 5.75 Å². The summed E-state index contributed by atoms with van der Waals surface area (Å²) in [5.74, 6) is 0.813. The summed E-state index contributed by atoms with van der Waals surface area (Å²) < 4.78 is 5.42. The lowest BCUT2D eigenvalue weighted by molar-refractivity contribution is 0.415. The van der Waals surface area contributed by atoms with Crippen LogP contribution in [0, 0.1) is 13.8 Å². The van der Waals surface area contributed by atoms with E-state index in [9.17, 15) is 0 Å². The maximum Gasteiger partial charge on any atom is 0.128 e. The summed E-state index contributed by atoms with van der Waals surface area (Å²) in [4.78, 5) is 4.34. The highest BCUT2D eigenvalue weighted by atomic mass is 16.5. The summed E-state index contributed by atoms with van der Waals surface area (Å²) in [5, 5.41) is 0. The molecule has 0 unspecified atom stereocenters. The topological polar surface area (TPSA) is 48.1 Å². The fraction of sp³-hybridized carbons (Fsp3) is 0.214. The summed E-state index contributed by atoms with van der Waals surface area (Å²) >= 11 is 0. The summed E-state index contributed by atoms with van der Waals surface area (Å²) in [6, 6.07) is 7.78. The number of nitrogens with two attached hydrogens (primary N) is 1. The van der Waals surface area contributed by atoms with Crippen LogP contribution in [-0.4, -0.2) is 12.1 Å². The van der Waals surface area contributed by atoms with E-state index in [0.717, 1.165) is 28.1 Å². The lowest BCUT2D eigenvalue weighted by Crippen LogP contribution is -1.98. The van der Waals surface area contributed by atoms with E-state index in [1.807, 2.05) is 32.0 Å². The third-order valence-electron chi connectivity index (χ3n) is 2.74. The van der Waals surface area contributed by atoms with Gasteiger partial charge in [0.1, 0.15) is 5.75 Å². The Balaban J connectivity index is 2.71. The van der Waals surface area contributed by atoms with Crippen molar-refractivity contribution < 1.29 is 4.74 Å². The van der Waals surface area contributed by atoms with Crippen LogP contribution < -0.4 is 10.5 Å². The van der Waals surface area contributed by atoms with E-state index < -0.39 is 0 Å². The van der Waals surface area contributed by atoms with Crippen molar-refractivity contribution in [1.29, 1.82) is 0 Å². The summed E-state index contributed by atoms with van der Waals surface area (Å²) in [6.45, 7) is 4.08. The van der Waals surface area contributed by atoms with Gasteiger partial charge in [-0.3, -0.25) is 4.98 Å². The number of hydrogen-bond donors (Lipinski definition) is 1. The van der Waals surface area contributed by atoms with Crippen molar-refractivity contribution in [2.24, 2.45) is 0 Å². The quantitative estimate of drug-likeness (QED) is 0.859. The first-order valence-electron chi connectivity index (χ1n) is 5.49. The number of nitrogens with zero attached hydrogens (tertiary/aromatic N) is 1. The molecule has 1 heterocycles. The van der Waals surface area contributed by atoms with Gasteiger partial charge in [-0.15, -0.1) is 0 Å². The molecule has 0 aliphatic carbocycles.